The van der Waals surface area contributed by atoms with Crippen molar-refractivity contribution >= 4 is 33.8 Å². The number of fused-ring (bicyclic) bond motifs is 2. The van der Waals surface area contributed by atoms with Crippen LogP contribution in [0, 0.1) is 13.8 Å². The number of para-hydroxylation sites is 2. The number of aromatic nitrogens is 4. The van der Waals surface area contributed by atoms with Crippen LogP contribution in [0.25, 0.3) is 22.1 Å². The molecule has 0 saturated heterocycles. The molecule has 4 rings (SSSR count). The number of hydrogen-bond acceptors (Lipinski definition) is 3. The molecule has 4 aromatic rings. The van der Waals surface area contributed by atoms with Crippen LogP contribution in [-0.4, -0.2) is 25.7 Å². The van der Waals surface area contributed by atoms with Gasteiger partial charge in [0.25, 0.3) is 0 Å². The zero-order valence-electron chi connectivity index (χ0n) is 15.3. The molecule has 2 N–H and O–H groups in total. The molecule has 2 aromatic heterocycles. The van der Waals surface area contributed by atoms with Crippen LogP contribution in [0.1, 0.15) is 36.2 Å². The summed E-state index contributed by atoms with van der Waals surface area (Å²) in [6, 6.07) is 12.6. The Hall–Kier alpha value is -2.27. The van der Waals surface area contributed by atoms with Crippen LogP contribution in [0.4, 0.5) is 0 Å². The molecule has 134 valence electrons. The van der Waals surface area contributed by atoms with Crippen LogP contribution in [0.15, 0.2) is 41.6 Å². The van der Waals surface area contributed by atoms with E-state index in [0.717, 1.165) is 45.2 Å². The molecule has 4 nitrogen and oxygen atoms in total. The van der Waals surface area contributed by atoms with Crippen molar-refractivity contribution in [1.82, 2.24) is 19.9 Å². The number of hydrogen-bond donors (Lipinski definition) is 2. The van der Waals surface area contributed by atoms with Gasteiger partial charge in [-0.1, -0.05) is 30.3 Å². The van der Waals surface area contributed by atoms with Crippen LogP contribution >= 0.6 is 11.8 Å². The molecule has 0 radical (unpaired) electrons. The Morgan fingerprint density at radius 3 is 2.58 bits per heavy atom. The van der Waals surface area contributed by atoms with E-state index in [1.807, 2.05) is 30.0 Å². The number of rotatable bonds is 7. The van der Waals surface area contributed by atoms with Gasteiger partial charge in [0.05, 0.1) is 22.1 Å². The minimum atomic E-state index is 1.02. The number of nitrogens with zero attached hydrogens (tertiary/aromatic N) is 2. The van der Waals surface area contributed by atoms with Crippen LogP contribution < -0.4 is 0 Å². The molecule has 5 heteroatoms. The van der Waals surface area contributed by atoms with E-state index in [4.69, 9.17) is 4.98 Å². The van der Waals surface area contributed by atoms with Gasteiger partial charge < -0.3 is 9.97 Å². The van der Waals surface area contributed by atoms with Gasteiger partial charge in [-0.15, -0.1) is 0 Å². The molecule has 26 heavy (non-hydrogen) atoms. The third-order valence-corrected chi connectivity index (χ3v) is 5.77. The highest BCUT2D eigenvalue weighted by molar-refractivity contribution is 7.99. The maximum atomic E-state index is 4.73. The summed E-state index contributed by atoms with van der Waals surface area (Å²) in [5.74, 6) is 2.20. The maximum Gasteiger partial charge on any atom is 0.166 e. The lowest BCUT2D eigenvalue weighted by atomic mass is 10.1. The van der Waals surface area contributed by atoms with Crippen molar-refractivity contribution < 1.29 is 0 Å². The van der Waals surface area contributed by atoms with Gasteiger partial charge in [-0.3, -0.25) is 0 Å². The molecule has 0 fully saturated rings. The summed E-state index contributed by atoms with van der Waals surface area (Å²) in [6.45, 7) is 4.29. The van der Waals surface area contributed by atoms with E-state index in [1.54, 1.807) is 0 Å². The predicted molar refractivity (Wildman–Crippen MR) is 110 cm³/mol. The number of aryl methyl sites for hydroxylation is 3. The fourth-order valence-corrected chi connectivity index (χ4v) is 4.07. The molecule has 2 heterocycles. The van der Waals surface area contributed by atoms with Crippen molar-refractivity contribution in [3.05, 3.63) is 53.3 Å². The third kappa shape index (κ3) is 3.78. The first-order valence-corrected chi connectivity index (χ1v) is 10.2. The molecule has 0 aliphatic rings. The van der Waals surface area contributed by atoms with E-state index < -0.39 is 0 Å². The van der Waals surface area contributed by atoms with Gasteiger partial charge in [-0.2, -0.15) is 0 Å². The molecular formula is C21H24N4S. The molecule has 2 aromatic carbocycles. The third-order valence-electron chi connectivity index (χ3n) is 4.81. The van der Waals surface area contributed by atoms with Gasteiger partial charge in [0, 0.05) is 12.2 Å². The van der Waals surface area contributed by atoms with Crippen LogP contribution in [-0.2, 0) is 6.42 Å². The van der Waals surface area contributed by atoms with Crippen LogP contribution in [0.5, 0.6) is 0 Å². The molecule has 0 atom stereocenters. The lowest BCUT2D eigenvalue weighted by Crippen LogP contribution is -1.89. The second-order valence-electron chi connectivity index (χ2n) is 6.86. The van der Waals surface area contributed by atoms with E-state index >= 15 is 0 Å². The van der Waals surface area contributed by atoms with Crippen molar-refractivity contribution in [2.75, 3.05) is 5.75 Å². The summed E-state index contributed by atoms with van der Waals surface area (Å²) in [5.41, 5.74) is 7.02. The number of nitrogens with one attached hydrogen (secondary N) is 2. The Morgan fingerprint density at radius 1 is 0.846 bits per heavy atom. The minimum Gasteiger partial charge on any atom is -0.342 e. The predicted octanol–water partition coefficient (Wildman–Crippen LogP) is 5.56. The van der Waals surface area contributed by atoms with E-state index in [1.165, 1.54) is 30.4 Å². The van der Waals surface area contributed by atoms with E-state index in [9.17, 15) is 0 Å². The lowest BCUT2D eigenvalue weighted by Gasteiger charge is -1.99. The van der Waals surface area contributed by atoms with Crippen LogP contribution in [0.2, 0.25) is 0 Å². The number of H-pyrrole nitrogens is 2. The highest BCUT2D eigenvalue weighted by Crippen LogP contribution is 2.21. The van der Waals surface area contributed by atoms with Gasteiger partial charge in [-0.25, -0.2) is 9.97 Å². The molecule has 0 aliphatic carbocycles. The second kappa shape index (κ2) is 7.54. The fourth-order valence-electron chi connectivity index (χ4n) is 3.18. The van der Waals surface area contributed by atoms with Gasteiger partial charge in [-0.05, 0) is 62.1 Å². The first-order chi connectivity index (χ1) is 12.7. The molecule has 0 amide bonds. The second-order valence-corrected chi connectivity index (χ2v) is 7.94. The SMILES string of the molecule is Cc1cc2nc(CCCCCSc3nc4ccccc4[nH]3)[nH]c2cc1C. The molecule has 0 unspecified atom stereocenters. The van der Waals surface area contributed by atoms with Gasteiger partial charge in [0.1, 0.15) is 5.82 Å². The lowest BCUT2D eigenvalue weighted by molar-refractivity contribution is 0.704. The van der Waals surface area contributed by atoms with Crippen molar-refractivity contribution in [2.24, 2.45) is 0 Å². The maximum absolute atomic E-state index is 4.73. The number of thioether (sulfide) groups is 1. The minimum absolute atomic E-state index is 1.02. The normalized spacial score (nSPS) is 11.6. The summed E-state index contributed by atoms with van der Waals surface area (Å²) >= 11 is 1.81. The number of unbranched alkanes of at least 4 members (excludes halogenated alkanes) is 2. The molecule has 0 spiro atoms. The Morgan fingerprint density at radius 2 is 1.69 bits per heavy atom. The van der Waals surface area contributed by atoms with Gasteiger partial charge in [0.15, 0.2) is 5.16 Å². The molecule has 0 aliphatic heterocycles. The number of aromatic amines is 2. The molecular weight excluding hydrogens is 340 g/mol. The average Bonchev–Trinajstić information content (AvgIpc) is 3.21. The smallest absolute Gasteiger partial charge is 0.166 e. The first kappa shape index (κ1) is 17.2. The number of benzene rings is 2. The van der Waals surface area contributed by atoms with Crippen molar-refractivity contribution in [3.8, 4) is 0 Å². The summed E-state index contributed by atoms with van der Waals surface area (Å²) in [4.78, 5) is 16.2. The largest absolute Gasteiger partial charge is 0.342 e. The van der Waals surface area contributed by atoms with E-state index in [-0.39, 0.29) is 0 Å². The highest BCUT2D eigenvalue weighted by Gasteiger charge is 2.05. The van der Waals surface area contributed by atoms with Gasteiger partial charge >= 0.3 is 0 Å². The summed E-state index contributed by atoms with van der Waals surface area (Å²) < 4.78 is 0. The average molecular weight is 365 g/mol. The Kier molecular flexibility index (Phi) is 4.98. The van der Waals surface area contributed by atoms with E-state index in [2.05, 4.69) is 47.0 Å². The monoisotopic (exact) mass is 364 g/mol. The quantitative estimate of drug-likeness (QED) is 0.333. The zero-order chi connectivity index (χ0) is 17.9. The fraction of sp³-hybridized carbons (Fsp3) is 0.333. The molecule has 0 bridgehead atoms. The van der Waals surface area contributed by atoms with E-state index in [0.29, 0.717) is 0 Å². The number of imidazole rings is 2. The van der Waals surface area contributed by atoms with Crippen molar-refractivity contribution in [2.45, 2.75) is 44.7 Å². The summed E-state index contributed by atoms with van der Waals surface area (Å²) in [6.07, 6.45) is 4.59. The van der Waals surface area contributed by atoms with Gasteiger partial charge in [0.2, 0.25) is 0 Å². The summed E-state index contributed by atoms with van der Waals surface area (Å²) in [5, 5.41) is 1.02. The highest BCUT2D eigenvalue weighted by atomic mass is 32.2. The Bertz CT molecular complexity index is 959. The topological polar surface area (TPSA) is 57.4 Å². The zero-order valence-corrected chi connectivity index (χ0v) is 16.1. The van der Waals surface area contributed by atoms with Crippen molar-refractivity contribution in [3.63, 3.8) is 0 Å². The van der Waals surface area contributed by atoms with Crippen molar-refractivity contribution in [1.29, 1.82) is 0 Å². The Labute approximate surface area is 157 Å². The molecule has 0 saturated carbocycles. The standard InChI is InChI=1S/C21H24N4S/c1-14-12-18-19(13-15(14)2)23-20(22-18)10-4-3-7-11-26-21-24-16-8-5-6-9-17(16)25-21/h5-6,8-9,12-13H,3-4,7,10-11H2,1-2H3,(H,22,23)(H,24,25). The Balaban J connectivity index is 1.22. The van der Waals surface area contributed by atoms with Crippen LogP contribution in [0.3, 0.4) is 0 Å². The summed E-state index contributed by atoms with van der Waals surface area (Å²) in [7, 11) is 0. The first-order valence-electron chi connectivity index (χ1n) is 9.22.